The van der Waals surface area contributed by atoms with Crippen LogP contribution in [0.25, 0.3) is 0 Å². The van der Waals surface area contributed by atoms with E-state index in [2.05, 4.69) is 15.3 Å². The zero-order valence-corrected chi connectivity index (χ0v) is 11.5. The van der Waals surface area contributed by atoms with Crippen LogP contribution in [0.4, 0.5) is 11.5 Å². The summed E-state index contributed by atoms with van der Waals surface area (Å²) in [5.41, 5.74) is 0.164. The van der Waals surface area contributed by atoms with Crippen LogP contribution in [0.5, 0.6) is 0 Å². The van der Waals surface area contributed by atoms with Crippen LogP contribution in [0.1, 0.15) is 5.56 Å². The van der Waals surface area contributed by atoms with E-state index in [9.17, 15) is 9.59 Å². The highest BCUT2D eigenvalue weighted by molar-refractivity contribution is 5.83. The molecule has 0 unspecified atom stereocenters. The summed E-state index contributed by atoms with van der Waals surface area (Å²) in [5, 5.41) is 2.83. The Bertz CT molecular complexity index is 759. The maximum Gasteiger partial charge on any atom is 0.332 e. The van der Waals surface area contributed by atoms with Gasteiger partial charge in [0.15, 0.2) is 5.69 Å². The highest BCUT2D eigenvalue weighted by Crippen LogP contribution is 2.16. The number of aliphatic imine (C=N–C) groups is 1. The molecule has 0 saturated heterocycles. The van der Waals surface area contributed by atoms with Crippen LogP contribution in [0.3, 0.4) is 0 Å². The molecule has 2 heterocycles. The number of hydrogen-bond acceptors (Lipinski definition) is 5. The molecule has 2 aromatic heterocycles. The predicted octanol–water partition coefficient (Wildman–Crippen LogP) is 0.271. The van der Waals surface area contributed by atoms with Crippen LogP contribution in [0.15, 0.2) is 39.1 Å². The predicted molar refractivity (Wildman–Crippen MR) is 78.0 cm³/mol. The molecule has 104 valence electrons. The monoisotopic (exact) mass is 273 g/mol. The van der Waals surface area contributed by atoms with Crippen molar-refractivity contribution in [1.82, 2.24) is 14.1 Å². The molecule has 0 fully saturated rings. The molecule has 0 spiro atoms. The Morgan fingerprint density at radius 2 is 1.85 bits per heavy atom. The number of rotatable bonds is 3. The third-order valence-corrected chi connectivity index (χ3v) is 2.93. The lowest BCUT2D eigenvalue weighted by Crippen LogP contribution is -2.37. The molecule has 2 aromatic rings. The molecule has 0 atom stereocenters. The number of pyridine rings is 1. The highest BCUT2D eigenvalue weighted by Gasteiger charge is 2.13. The molecule has 0 aliphatic rings. The number of anilines is 1. The zero-order chi connectivity index (χ0) is 14.7. The number of hydrogen-bond donors (Lipinski definition) is 1. The van der Waals surface area contributed by atoms with E-state index in [-0.39, 0.29) is 5.69 Å². The average molecular weight is 273 g/mol. The molecule has 0 aromatic carbocycles. The van der Waals surface area contributed by atoms with Crippen molar-refractivity contribution in [3.8, 4) is 0 Å². The zero-order valence-electron chi connectivity index (χ0n) is 11.5. The normalized spacial score (nSPS) is 10.9. The van der Waals surface area contributed by atoms with E-state index in [0.717, 1.165) is 10.1 Å². The Balaban J connectivity index is 2.60. The summed E-state index contributed by atoms with van der Waals surface area (Å²) in [4.78, 5) is 32.1. The Morgan fingerprint density at radius 1 is 1.20 bits per heavy atom. The SMILES string of the molecule is CNc1c(N=Cc2ccncc2)c(=O)n(C)c(=O)n1C. The van der Waals surface area contributed by atoms with Gasteiger partial charge in [-0.1, -0.05) is 0 Å². The van der Waals surface area contributed by atoms with Gasteiger partial charge in [0.25, 0.3) is 5.56 Å². The van der Waals surface area contributed by atoms with Gasteiger partial charge in [-0.15, -0.1) is 0 Å². The Morgan fingerprint density at radius 3 is 2.45 bits per heavy atom. The molecular formula is C13H15N5O2. The quantitative estimate of drug-likeness (QED) is 0.814. The number of nitrogens with one attached hydrogen (secondary N) is 1. The molecule has 7 heteroatoms. The van der Waals surface area contributed by atoms with Gasteiger partial charge in [-0.2, -0.15) is 0 Å². The molecule has 0 radical (unpaired) electrons. The van der Waals surface area contributed by atoms with Crippen molar-refractivity contribution in [2.75, 3.05) is 12.4 Å². The van der Waals surface area contributed by atoms with E-state index in [0.29, 0.717) is 5.82 Å². The summed E-state index contributed by atoms with van der Waals surface area (Å²) >= 11 is 0. The van der Waals surface area contributed by atoms with Crippen molar-refractivity contribution in [3.63, 3.8) is 0 Å². The third-order valence-electron chi connectivity index (χ3n) is 2.93. The Hall–Kier alpha value is -2.70. The molecule has 7 nitrogen and oxygen atoms in total. The lowest BCUT2D eigenvalue weighted by molar-refractivity contribution is 0.693. The van der Waals surface area contributed by atoms with Crippen molar-refractivity contribution in [3.05, 3.63) is 50.9 Å². The summed E-state index contributed by atoms with van der Waals surface area (Å²) in [6.45, 7) is 0. The van der Waals surface area contributed by atoms with E-state index in [1.165, 1.54) is 11.6 Å². The lowest BCUT2D eigenvalue weighted by Gasteiger charge is -2.11. The second-order valence-electron chi connectivity index (χ2n) is 4.19. The van der Waals surface area contributed by atoms with Crippen molar-refractivity contribution >= 4 is 17.7 Å². The van der Waals surface area contributed by atoms with E-state index in [4.69, 9.17) is 0 Å². The molecule has 0 amide bonds. The summed E-state index contributed by atoms with van der Waals surface area (Å²) < 4.78 is 2.38. The first-order chi connectivity index (χ1) is 9.56. The van der Waals surface area contributed by atoms with Crippen LogP contribution in [0.2, 0.25) is 0 Å². The molecule has 0 aliphatic carbocycles. The van der Waals surface area contributed by atoms with Crippen LogP contribution in [-0.4, -0.2) is 27.4 Å². The van der Waals surface area contributed by atoms with E-state index in [1.54, 1.807) is 44.8 Å². The molecule has 0 bridgehead atoms. The molecule has 2 rings (SSSR count). The fourth-order valence-electron chi connectivity index (χ4n) is 1.82. The third kappa shape index (κ3) is 2.37. The van der Waals surface area contributed by atoms with Gasteiger partial charge in [0.05, 0.1) is 0 Å². The van der Waals surface area contributed by atoms with Crippen molar-refractivity contribution in [1.29, 1.82) is 0 Å². The minimum Gasteiger partial charge on any atom is -0.372 e. The number of nitrogens with zero attached hydrogens (tertiary/aromatic N) is 4. The largest absolute Gasteiger partial charge is 0.372 e. The second kappa shape index (κ2) is 5.52. The average Bonchev–Trinajstić information content (AvgIpc) is 2.48. The minimum atomic E-state index is -0.442. The van der Waals surface area contributed by atoms with Gasteiger partial charge in [-0.25, -0.2) is 9.79 Å². The van der Waals surface area contributed by atoms with Crippen LogP contribution in [-0.2, 0) is 14.1 Å². The maximum absolute atomic E-state index is 12.1. The molecule has 0 aliphatic heterocycles. The van der Waals surface area contributed by atoms with Crippen molar-refractivity contribution in [2.24, 2.45) is 19.1 Å². The Labute approximate surface area is 115 Å². The smallest absolute Gasteiger partial charge is 0.332 e. The molecule has 1 N–H and O–H groups in total. The second-order valence-corrected chi connectivity index (χ2v) is 4.19. The maximum atomic E-state index is 12.1. The van der Waals surface area contributed by atoms with Gasteiger partial charge in [0.2, 0.25) is 0 Å². The number of aromatic nitrogens is 3. The fourth-order valence-corrected chi connectivity index (χ4v) is 1.82. The van der Waals surface area contributed by atoms with Crippen LogP contribution in [0, 0.1) is 0 Å². The Kier molecular flexibility index (Phi) is 3.79. The molecule has 20 heavy (non-hydrogen) atoms. The standard InChI is InChI=1S/C13H15N5O2/c1-14-11-10(12(19)18(3)13(20)17(11)2)16-8-9-4-6-15-7-5-9/h4-8,14H,1-3H3. The topological polar surface area (TPSA) is 81.3 Å². The van der Waals surface area contributed by atoms with Gasteiger partial charge in [-0.05, 0) is 17.7 Å². The first-order valence-electron chi connectivity index (χ1n) is 5.98. The van der Waals surface area contributed by atoms with Crippen LogP contribution < -0.4 is 16.6 Å². The fraction of sp³-hybridized carbons (Fsp3) is 0.231. The first kappa shape index (κ1) is 13.7. The van der Waals surface area contributed by atoms with E-state index in [1.807, 2.05) is 0 Å². The van der Waals surface area contributed by atoms with Crippen molar-refractivity contribution < 1.29 is 0 Å². The van der Waals surface area contributed by atoms with Crippen LogP contribution >= 0.6 is 0 Å². The minimum absolute atomic E-state index is 0.189. The summed E-state index contributed by atoms with van der Waals surface area (Å²) in [5.74, 6) is 0.378. The summed E-state index contributed by atoms with van der Waals surface area (Å²) in [7, 11) is 4.65. The van der Waals surface area contributed by atoms with Gasteiger partial charge in [0.1, 0.15) is 5.82 Å². The first-order valence-corrected chi connectivity index (χ1v) is 5.98. The summed E-state index contributed by atoms with van der Waals surface area (Å²) in [6, 6.07) is 3.55. The van der Waals surface area contributed by atoms with Gasteiger partial charge in [-0.3, -0.25) is 18.9 Å². The molecule has 0 saturated carbocycles. The van der Waals surface area contributed by atoms with Gasteiger partial charge < -0.3 is 5.32 Å². The van der Waals surface area contributed by atoms with Gasteiger partial charge >= 0.3 is 5.69 Å². The van der Waals surface area contributed by atoms with E-state index >= 15 is 0 Å². The summed E-state index contributed by atoms with van der Waals surface area (Å²) in [6.07, 6.45) is 4.84. The van der Waals surface area contributed by atoms with Gasteiger partial charge in [0, 0.05) is 39.8 Å². The van der Waals surface area contributed by atoms with E-state index < -0.39 is 11.2 Å². The van der Waals surface area contributed by atoms with Crippen molar-refractivity contribution in [2.45, 2.75) is 0 Å². The lowest BCUT2D eigenvalue weighted by atomic mass is 10.3. The molecular weight excluding hydrogens is 258 g/mol. The highest BCUT2D eigenvalue weighted by atomic mass is 16.2.